The molecule has 3 aromatic rings. The summed E-state index contributed by atoms with van der Waals surface area (Å²) in [6.45, 7) is 1.12. The Bertz CT molecular complexity index is 764. The van der Waals surface area contributed by atoms with Gasteiger partial charge in [-0.2, -0.15) is 0 Å². The highest BCUT2D eigenvalue weighted by Crippen LogP contribution is 2.22. The first kappa shape index (κ1) is 13.2. The van der Waals surface area contributed by atoms with Crippen LogP contribution in [0.2, 0.25) is 5.02 Å². The molecule has 3 rings (SSSR count). The highest BCUT2D eigenvalue weighted by molar-refractivity contribution is 6.31. The zero-order valence-electron chi connectivity index (χ0n) is 10.8. The van der Waals surface area contributed by atoms with Gasteiger partial charge in [0, 0.05) is 29.8 Å². The lowest BCUT2D eigenvalue weighted by molar-refractivity contribution is 0.626. The summed E-state index contributed by atoms with van der Waals surface area (Å²) in [5.41, 5.74) is 8.76. The first-order chi connectivity index (χ1) is 9.67. The lowest BCUT2D eigenvalue weighted by Crippen LogP contribution is -2.00. The van der Waals surface area contributed by atoms with Crippen molar-refractivity contribution in [3.05, 3.63) is 70.6 Å². The molecule has 1 heterocycles. The Morgan fingerprint density at radius 1 is 1.10 bits per heavy atom. The van der Waals surface area contributed by atoms with Crippen molar-refractivity contribution in [1.82, 2.24) is 4.57 Å². The molecule has 20 heavy (non-hydrogen) atoms. The summed E-state index contributed by atoms with van der Waals surface area (Å²) in [7, 11) is 0. The van der Waals surface area contributed by atoms with Crippen LogP contribution in [-0.2, 0) is 13.1 Å². The van der Waals surface area contributed by atoms with Crippen LogP contribution in [0.5, 0.6) is 0 Å². The number of rotatable bonds is 3. The van der Waals surface area contributed by atoms with Crippen molar-refractivity contribution >= 4 is 22.5 Å². The Morgan fingerprint density at radius 2 is 1.95 bits per heavy atom. The van der Waals surface area contributed by atoms with Crippen molar-refractivity contribution in [2.75, 3.05) is 0 Å². The van der Waals surface area contributed by atoms with E-state index >= 15 is 0 Å². The van der Waals surface area contributed by atoms with Gasteiger partial charge in [0.25, 0.3) is 0 Å². The maximum atomic E-state index is 13.1. The summed E-state index contributed by atoms with van der Waals surface area (Å²) in [4.78, 5) is 0. The molecule has 0 aliphatic carbocycles. The average Bonchev–Trinajstić information content (AvgIpc) is 2.84. The SMILES string of the molecule is NCc1ccc2ccn(Cc3ccc(F)cc3Cl)c2c1. The van der Waals surface area contributed by atoms with E-state index in [0.717, 1.165) is 22.0 Å². The van der Waals surface area contributed by atoms with Crippen LogP contribution in [0.1, 0.15) is 11.1 Å². The van der Waals surface area contributed by atoms with Crippen LogP contribution in [0.3, 0.4) is 0 Å². The Kier molecular flexibility index (Phi) is 3.47. The molecule has 0 radical (unpaired) electrons. The summed E-state index contributed by atoms with van der Waals surface area (Å²) < 4.78 is 15.2. The fourth-order valence-corrected chi connectivity index (χ4v) is 2.55. The molecule has 0 saturated heterocycles. The van der Waals surface area contributed by atoms with Crippen LogP contribution in [0.15, 0.2) is 48.7 Å². The number of hydrogen-bond donors (Lipinski definition) is 1. The van der Waals surface area contributed by atoms with E-state index in [1.165, 1.54) is 12.1 Å². The molecular formula is C16H14ClFN2. The fraction of sp³-hybridized carbons (Fsp3) is 0.125. The van der Waals surface area contributed by atoms with Crippen LogP contribution >= 0.6 is 11.6 Å². The minimum absolute atomic E-state index is 0.318. The highest BCUT2D eigenvalue weighted by atomic mass is 35.5. The second-order valence-corrected chi connectivity index (χ2v) is 5.18. The Morgan fingerprint density at radius 3 is 2.70 bits per heavy atom. The number of nitrogens with two attached hydrogens (primary N) is 1. The standard InChI is InChI=1S/C16H14ClFN2/c17-15-8-14(18)4-3-13(15)10-20-6-5-12-2-1-11(9-19)7-16(12)20/h1-8H,9-10,19H2. The second-order valence-electron chi connectivity index (χ2n) is 4.78. The van der Waals surface area contributed by atoms with Crippen molar-refractivity contribution in [2.24, 2.45) is 5.73 Å². The average molecular weight is 289 g/mol. The molecule has 0 atom stereocenters. The quantitative estimate of drug-likeness (QED) is 0.777. The van der Waals surface area contributed by atoms with Crippen LogP contribution in [0, 0.1) is 5.82 Å². The van der Waals surface area contributed by atoms with Gasteiger partial charge in [0.15, 0.2) is 0 Å². The number of fused-ring (bicyclic) bond motifs is 1. The molecule has 0 amide bonds. The summed E-state index contributed by atoms with van der Waals surface area (Å²) in [6, 6.07) is 12.7. The van der Waals surface area contributed by atoms with Crippen LogP contribution in [0.25, 0.3) is 10.9 Å². The third kappa shape index (κ3) is 2.42. The minimum atomic E-state index is -0.318. The third-order valence-corrected chi connectivity index (χ3v) is 3.78. The monoisotopic (exact) mass is 288 g/mol. The lowest BCUT2D eigenvalue weighted by atomic mass is 10.1. The summed E-state index contributed by atoms with van der Waals surface area (Å²) in [5, 5.41) is 1.60. The molecule has 4 heteroatoms. The predicted octanol–water partition coefficient (Wildman–Crippen LogP) is 3.94. The molecule has 0 aliphatic heterocycles. The smallest absolute Gasteiger partial charge is 0.124 e. The van der Waals surface area contributed by atoms with Gasteiger partial charge in [-0.05, 0) is 40.8 Å². The van der Waals surface area contributed by atoms with Gasteiger partial charge in [-0.15, -0.1) is 0 Å². The number of nitrogens with zero attached hydrogens (tertiary/aromatic N) is 1. The number of halogens is 2. The zero-order valence-corrected chi connectivity index (χ0v) is 11.6. The molecule has 0 fully saturated rings. The highest BCUT2D eigenvalue weighted by Gasteiger charge is 2.06. The largest absolute Gasteiger partial charge is 0.343 e. The van der Waals surface area contributed by atoms with E-state index in [9.17, 15) is 4.39 Å². The van der Waals surface area contributed by atoms with E-state index < -0.39 is 0 Å². The van der Waals surface area contributed by atoms with Gasteiger partial charge >= 0.3 is 0 Å². The van der Waals surface area contributed by atoms with Gasteiger partial charge in [0.1, 0.15) is 5.82 Å². The lowest BCUT2D eigenvalue weighted by Gasteiger charge is -2.08. The summed E-state index contributed by atoms with van der Waals surface area (Å²) >= 11 is 6.08. The molecule has 1 aromatic heterocycles. The van der Waals surface area contributed by atoms with Crippen LogP contribution in [-0.4, -0.2) is 4.57 Å². The van der Waals surface area contributed by atoms with E-state index in [4.69, 9.17) is 17.3 Å². The van der Waals surface area contributed by atoms with Gasteiger partial charge in [-0.1, -0.05) is 29.8 Å². The maximum Gasteiger partial charge on any atom is 0.124 e. The molecule has 2 nitrogen and oxygen atoms in total. The fourth-order valence-electron chi connectivity index (χ4n) is 2.33. The van der Waals surface area contributed by atoms with Crippen molar-refractivity contribution in [1.29, 1.82) is 0 Å². The van der Waals surface area contributed by atoms with Crippen molar-refractivity contribution in [3.8, 4) is 0 Å². The normalized spacial score (nSPS) is 11.2. The zero-order chi connectivity index (χ0) is 14.1. The first-order valence-electron chi connectivity index (χ1n) is 6.39. The van der Waals surface area contributed by atoms with Crippen LogP contribution < -0.4 is 5.73 Å². The molecule has 2 N–H and O–H groups in total. The molecule has 0 unspecified atom stereocenters. The van der Waals surface area contributed by atoms with E-state index in [1.54, 1.807) is 6.07 Å². The molecule has 0 aliphatic rings. The molecule has 0 bridgehead atoms. The van der Waals surface area contributed by atoms with Gasteiger partial charge in [0.05, 0.1) is 0 Å². The van der Waals surface area contributed by atoms with E-state index in [0.29, 0.717) is 18.1 Å². The molecule has 0 saturated carbocycles. The molecule has 2 aromatic carbocycles. The van der Waals surface area contributed by atoms with E-state index in [1.807, 2.05) is 18.3 Å². The Hall–Kier alpha value is -1.84. The Labute approximate surface area is 121 Å². The number of aromatic nitrogens is 1. The van der Waals surface area contributed by atoms with Crippen LogP contribution in [0.4, 0.5) is 4.39 Å². The minimum Gasteiger partial charge on any atom is -0.343 e. The molecular weight excluding hydrogens is 275 g/mol. The number of hydrogen-bond acceptors (Lipinski definition) is 1. The van der Waals surface area contributed by atoms with Crippen molar-refractivity contribution < 1.29 is 4.39 Å². The third-order valence-electron chi connectivity index (χ3n) is 3.43. The molecule has 102 valence electrons. The van der Waals surface area contributed by atoms with E-state index in [-0.39, 0.29) is 5.82 Å². The van der Waals surface area contributed by atoms with Crippen molar-refractivity contribution in [3.63, 3.8) is 0 Å². The van der Waals surface area contributed by atoms with Gasteiger partial charge < -0.3 is 10.3 Å². The second kappa shape index (κ2) is 5.27. The number of benzene rings is 2. The van der Waals surface area contributed by atoms with Gasteiger partial charge in [0.2, 0.25) is 0 Å². The molecule has 0 spiro atoms. The first-order valence-corrected chi connectivity index (χ1v) is 6.77. The maximum absolute atomic E-state index is 13.1. The summed E-state index contributed by atoms with van der Waals surface area (Å²) in [6.07, 6.45) is 2.00. The van der Waals surface area contributed by atoms with Crippen molar-refractivity contribution in [2.45, 2.75) is 13.1 Å². The Balaban J connectivity index is 2.01. The van der Waals surface area contributed by atoms with E-state index in [2.05, 4.69) is 16.7 Å². The van der Waals surface area contributed by atoms with Gasteiger partial charge in [-0.3, -0.25) is 0 Å². The topological polar surface area (TPSA) is 30.9 Å². The van der Waals surface area contributed by atoms with Gasteiger partial charge in [-0.25, -0.2) is 4.39 Å². The summed E-state index contributed by atoms with van der Waals surface area (Å²) in [5.74, 6) is -0.318. The predicted molar refractivity (Wildman–Crippen MR) is 80.3 cm³/mol.